The van der Waals surface area contributed by atoms with Crippen LogP contribution in [0, 0.1) is 0 Å². The molecule has 2 rings (SSSR count). The van der Waals surface area contributed by atoms with Crippen molar-refractivity contribution in [2.75, 3.05) is 26.8 Å². The van der Waals surface area contributed by atoms with Crippen LogP contribution in [0.2, 0.25) is 0 Å². The molecule has 86 valence electrons. The molecule has 1 aromatic rings. The lowest BCUT2D eigenvalue weighted by molar-refractivity contribution is -0.158. The molecule has 0 amide bonds. The van der Waals surface area contributed by atoms with Gasteiger partial charge in [0.25, 0.3) is 0 Å². The average Bonchev–Trinajstić information content (AvgIpc) is 2.29. The van der Waals surface area contributed by atoms with Gasteiger partial charge in [-0.05, 0) is 5.56 Å². The van der Waals surface area contributed by atoms with Gasteiger partial charge in [0, 0.05) is 13.1 Å². The van der Waals surface area contributed by atoms with Crippen molar-refractivity contribution in [1.29, 1.82) is 0 Å². The van der Waals surface area contributed by atoms with E-state index in [-0.39, 0.29) is 18.2 Å². The fourth-order valence-corrected chi connectivity index (χ4v) is 1.74. The molecule has 1 aromatic carbocycles. The molecule has 0 saturated carbocycles. The van der Waals surface area contributed by atoms with Gasteiger partial charge in [-0.1, -0.05) is 30.3 Å². The molecule has 0 radical (unpaired) electrons. The fourth-order valence-electron chi connectivity index (χ4n) is 1.74. The second-order valence-corrected chi connectivity index (χ2v) is 3.83. The van der Waals surface area contributed by atoms with Gasteiger partial charge in [0.1, 0.15) is 12.2 Å². The van der Waals surface area contributed by atoms with Gasteiger partial charge in [-0.15, -0.1) is 0 Å². The summed E-state index contributed by atoms with van der Waals surface area (Å²) in [4.78, 5) is 11.1. The Balaban J connectivity index is 2.06. The molecule has 1 aliphatic heterocycles. The topological polar surface area (TPSA) is 47.6 Å². The summed E-state index contributed by atoms with van der Waals surface area (Å²) in [5.74, 6) is -0.345. The van der Waals surface area contributed by atoms with E-state index in [9.17, 15) is 4.79 Å². The number of esters is 1. The minimum atomic E-state index is -0.366. The largest absolute Gasteiger partial charge is 0.467 e. The van der Waals surface area contributed by atoms with E-state index >= 15 is 0 Å². The van der Waals surface area contributed by atoms with Gasteiger partial charge in [-0.25, -0.2) is 4.79 Å². The van der Waals surface area contributed by atoms with Gasteiger partial charge in [0.05, 0.1) is 7.11 Å². The summed E-state index contributed by atoms with van der Waals surface area (Å²) in [5.41, 5.74) is 0.729. The molecule has 1 saturated heterocycles. The van der Waals surface area contributed by atoms with Gasteiger partial charge in [0.15, 0.2) is 0 Å². The minimum absolute atomic E-state index is 0.00687. The Morgan fingerprint density at radius 2 is 2.06 bits per heavy atom. The molecule has 1 heterocycles. The number of rotatable bonds is 4. The highest BCUT2D eigenvalue weighted by Crippen LogP contribution is 2.29. The number of methoxy groups -OCH3 is 1. The van der Waals surface area contributed by atoms with E-state index in [0.29, 0.717) is 0 Å². The maximum atomic E-state index is 11.1. The first-order valence-corrected chi connectivity index (χ1v) is 5.24. The zero-order chi connectivity index (χ0) is 11.4. The summed E-state index contributed by atoms with van der Waals surface area (Å²) in [7, 11) is 1.36. The maximum absolute atomic E-state index is 11.1. The number of benzene rings is 1. The van der Waals surface area contributed by atoms with Crippen LogP contribution in [0.4, 0.5) is 0 Å². The second-order valence-electron chi connectivity index (χ2n) is 3.83. The van der Waals surface area contributed by atoms with Gasteiger partial charge in [-0.2, -0.15) is 0 Å². The van der Waals surface area contributed by atoms with E-state index in [1.165, 1.54) is 7.11 Å². The highest BCUT2D eigenvalue weighted by atomic mass is 16.6. The third-order valence-electron chi connectivity index (χ3n) is 2.81. The minimum Gasteiger partial charge on any atom is -0.467 e. The van der Waals surface area contributed by atoms with Crippen LogP contribution in [-0.4, -0.2) is 32.8 Å². The number of carbonyl (C=O) groups is 1. The molecule has 1 N–H and O–H groups in total. The Bertz CT molecular complexity index is 360. The van der Waals surface area contributed by atoms with Crippen molar-refractivity contribution in [2.24, 2.45) is 0 Å². The third kappa shape index (κ3) is 2.08. The quantitative estimate of drug-likeness (QED) is 0.759. The Kier molecular flexibility index (Phi) is 3.22. The summed E-state index contributed by atoms with van der Waals surface area (Å²) in [6, 6.07) is 9.92. The average molecular weight is 221 g/mol. The fraction of sp³-hybridized carbons (Fsp3) is 0.417. The monoisotopic (exact) mass is 221 g/mol. The van der Waals surface area contributed by atoms with Crippen molar-refractivity contribution < 1.29 is 14.3 Å². The summed E-state index contributed by atoms with van der Waals surface area (Å²) >= 11 is 0. The predicted molar refractivity (Wildman–Crippen MR) is 59.0 cm³/mol. The maximum Gasteiger partial charge on any atom is 0.331 e. The highest BCUT2D eigenvalue weighted by molar-refractivity contribution is 5.70. The van der Waals surface area contributed by atoms with Gasteiger partial charge >= 0.3 is 5.97 Å². The molecule has 0 spiro atoms. The third-order valence-corrected chi connectivity index (χ3v) is 2.81. The van der Waals surface area contributed by atoms with Crippen molar-refractivity contribution in [1.82, 2.24) is 5.32 Å². The molecule has 0 aromatic heterocycles. The molecule has 4 nitrogen and oxygen atoms in total. The first-order chi connectivity index (χ1) is 7.77. The molecule has 16 heavy (non-hydrogen) atoms. The second kappa shape index (κ2) is 4.63. The van der Waals surface area contributed by atoms with Crippen LogP contribution in [0.15, 0.2) is 30.3 Å². The van der Waals surface area contributed by atoms with E-state index in [2.05, 4.69) is 10.1 Å². The van der Waals surface area contributed by atoms with Crippen molar-refractivity contribution in [2.45, 2.75) is 5.60 Å². The molecule has 0 aliphatic carbocycles. The van der Waals surface area contributed by atoms with Gasteiger partial charge in [-0.3, -0.25) is 0 Å². The Morgan fingerprint density at radius 3 is 2.56 bits per heavy atom. The van der Waals surface area contributed by atoms with E-state index in [0.717, 1.165) is 18.7 Å². The first-order valence-electron chi connectivity index (χ1n) is 5.24. The molecular weight excluding hydrogens is 206 g/mol. The Hall–Kier alpha value is -1.39. The van der Waals surface area contributed by atoms with Crippen LogP contribution in [0.3, 0.4) is 0 Å². The van der Waals surface area contributed by atoms with E-state index in [4.69, 9.17) is 4.74 Å². The molecule has 1 aliphatic rings. The van der Waals surface area contributed by atoms with Gasteiger partial charge < -0.3 is 14.8 Å². The highest BCUT2D eigenvalue weighted by Gasteiger charge is 2.40. The zero-order valence-electron chi connectivity index (χ0n) is 9.23. The summed E-state index contributed by atoms with van der Waals surface area (Å²) < 4.78 is 10.2. The van der Waals surface area contributed by atoms with Gasteiger partial charge in [0.2, 0.25) is 0 Å². The van der Waals surface area contributed by atoms with Crippen molar-refractivity contribution in [3.8, 4) is 0 Å². The number of nitrogens with one attached hydrogen (secondary N) is 1. The zero-order valence-corrected chi connectivity index (χ0v) is 9.23. The summed E-state index contributed by atoms with van der Waals surface area (Å²) in [6.45, 7) is 1.45. The van der Waals surface area contributed by atoms with Crippen molar-refractivity contribution >= 4 is 5.97 Å². The Labute approximate surface area is 94.6 Å². The summed E-state index contributed by atoms with van der Waals surface area (Å²) in [6.07, 6.45) is 0. The normalized spacial score (nSPS) is 17.6. The number of ether oxygens (including phenoxy) is 2. The molecule has 0 atom stereocenters. The lowest BCUT2D eigenvalue weighted by Crippen LogP contribution is -2.58. The van der Waals surface area contributed by atoms with Crippen LogP contribution >= 0.6 is 0 Å². The number of hydrogen-bond acceptors (Lipinski definition) is 4. The molecule has 4 heteroatoms. The van der Waals surface area contributed by atoms with E-state index in [1.807, 2.05) is 30.3 Å². The number of carbonyl (C=O) groups excluding carboxylic acids is 1. The first kappa shape index (κ1) is 11.1. The standard InChI is InChI=1S/C12H15NO3/c1-15-11(14)7-16-12(8-13-9-12)10-5-3-2-4-6-10/h2-6,13H,7-9H2,1H3. The number of hydrogen-bond donors (Lipinski definition) is 1. The van der Waals surface area contributed by atoms with Crippen LogP contribution in [0.1, 0.15) is 5.56 Å². The van der Waals surface area contributed by atoms with Crippen LogP contribution in [0.25, 0.3) is 0 Å². The summed E-state index contributed by atoms with van der Waals surface area (Å²) in [5, 5.41) is 3.17. The molecule has 0 bridgehead atoms. The van der Waals surface area contributed by atoms with Crippen molar-refractivity contribution in [3.63, 3.8) is 0 Å². The van der Waals surface area contributed by atoms with Crippen LogP contribution < -0.4 is 5.32 Å². The lowest BCUT2D eigenvalue weighted by atomic mass is 9.88. The van der Waals surface area contributed by atoms with Crippen molar-refractivity contribution in [3.05, 3.63) is 35.9 Å². The van der Waals surface area contributed by atoms with E-state index < -0.39 is 0 Å². The van der Waals surface area contributed by atoms with Crippen LogP contribution in [0.5, 0.6) is 0 Å². The SMILES string of the molecule is COC(=O)COC1(c2ccccc2)CNC1. The molecular formula is C12H15NO3. The molecule has 1 fully saturated rings. The Morgan fingerprint density at radius 1 is 1.38 bits per heavy atom. The predicted octanol–water partition coefficient (Wildman–Crippen LogP) is 0.675. The molecule has 0 unspecified atom stereocenters. The lowest BCUT2D eigenvalue weighted by Gasteiger charge is -2.42. The smallest absolute Gasteiger partial charge is 0.331 e. The van der Waals surface area contributed by atoms with E-state index in [1.54, 1.807) is 0 Å². The van der Waals surface area contributed by atoms with Crippen LogP contribution in [-0.2, 0) is 19.9 Å².